The summed E-state index contributed by atoms with van der Waals surface area (Å²) < 4.78 is 19.7. The summed E-state index contributed by atoms with van der Waals surface area (Å²) in [6.07, 6.45) is -0.301. The van der Waals surface area contributed by atoms with E-state index in [1.54, 1.807) is 35.2 Å². The molecular weight excluding hydrogens is 411 g/mol. The minimum Gasteiger partial charge on any atom is -0.372 e. The first-order chi connectivity index (χ1) is 15.4. The Hall–Kier alpha value is -3.83. The summed E-state index contributed by atoms with van der Waals surface area (Å²) in [5.41, 5.74) is 1.04. The van der Waals surface area contributed by atoms with Crippen LogP contribution in [0.5, 0.6) is 0 Å². The topological polar surface area (TPSA) is 94.8 Å². The lowest BCUT2D eigenvalue weighted by molar-refractivity contribution is -0.138. The molecule has 2 aromatic rings. The lowest BCUT2D eigenvalue weighted by Crippen LogP contribution is -2.48. The number of hydrogen-bond donors (Lipinski definition) is 1. The van der Waals surface area contributed by atoms with Crippen LogP contribution in [0.25, 0.3) is 5.70 Å². The number of nitrogens with zero attached hydrogens (tertiary/aromatic N) is 3. The van der Waals surface area contributed by atoms with Crippen molar-refractivity contribution in [3.05, 3.63) is 76.6 Å². The summed E-state index contributed by atoms with van der Waals surface area (Å²) in [6, 6.07) is 14.6. The Labute approximate surface area is 184 Å². The largest absolute Gasteiger partial charge is 0.372 e. The highest BCUT2D eigenvalue weighted by Crippen LogP contribution is 2.31. The van der Waals surface area contributed by atoms with Crippen LogP contribution >= 0.6 is 0 Å². The highest BCUT2D eigenvalue weighted by atomic mass is 19.1. The number of morpholine rings is 1. The number of aliphatic imine (C=N–C) groups is 1. The molecule has 1 fully saturated rings. The standard InChI is InChI=1S/C24H21FN4O3/c1-14-12-29(13-15(2)32-14)24(31)19(11-26)21-16-7-3-4-8-17(16)22(27-21)28-23(30)18-9-5-6-10-20(18)25/h3-10,14-15H,12-13H2,1-2H3,(H,27,28,30)/b21-19-/t14-,15+. The lowest BCUT2D eigenvalue weighted by Gasteiger charge is -2.35. The van der Waals surface area contributed by atoms with Crippen LogP contribution in [0.3, 0.4) is 0 Å². The number of nitriles is 1. The Kier molecular flexibility index (Phi) is 5.84. The number of hydrogen-bond acceptors (Lipinski definition) is 5. The second kappa shape index (κ2) is 8.73. The van der Waals surface area contributed by atoms with E-state index in [0.29, 0.717) is 24.2 Å². The third-order valence-corrected chi connectivity index (χ3v) is 5.28. The fourth-order valence-electron chi connectivity index (χ4n) is 3.94. The maximum Gasteiger partial charge on any atom is 0.266 e. The molecule has 0 unspecified atom stereocenters. The average Bonchev–Trinajstić information content (AvgIpc) is 3.12. The molecule has 1 saturated heterocycles. The number of nitrogens with one attached hydrogen (secondary N) is 1. The van der Waals surface area contributed by atoms with Crippen molar-refractivity contribution >= 4 is 23.3 Å². The SMILES string of the molecule is C[C@@H]1CN(C(=O)/C(C#N)=C2\N=C(NC(=O)c3ccccc3F)c3ccccc32)C[C@H](C)O1. The molecule has 0 aliphatic carbocycles. The molecule has 2 aliphatic heterocycles. The number of benzene rings is 2. The number of ether oxygens (including phenoxy) is 1. The van der Waals surface area contributed by atoms with E-state index in [2.05, 4.69) is 10.3 Å². The van der Waals surface area contributed by atoms with E-state index in [1.807, 2.05) is 19.9 Å². The number of carbonyl (C=O) groups excluding carboxylic acids is 2. The average molecular weight is 432 g/mol. The third-order valence-electron chi connectivity index (χ3n) is 5.28. The van der Waals surface area contributed by atoms with Gasteiger partial charge in [0.25, 0.3) is 11.8 Å². The van der Waals surface area contributed by atoms with Crippen molar-refractivity contribution in [2.45, 2.75) is 26.1 Å². The van der Waals surface area contributed by atoms with Crippen molar-refractivity contribution < 1.29 is 18.7 Å². The lowest BCUT2D eigenvalue weighted by atomic mass is 10.0. The van der Waals surface area contributed by atoms with E-state index in [-0.39, 0.29) is 34.9 Å². The molecule has 0 aromatic heterocycles. The number of halogens is 1. The van der Waals surface area contributed by atoms with Crippen molar-refractivity contribution in [1.82, 2.24) is 10.2 Å². The molecule has 0 saturated carbocycles. The van der Waals surface area contributed by atoms with Crippen molar-refractivity contribution in [2.24, 2.45) is 4.99 Å². The Balaban J connectivity index is 1.71. The number of amides is 2. The number of fused-ring (bicyclic) bond motifs is 1. The molecule has 2 heterocycles. The van der Waals surface area contributed by atoms with Gasteiger partial charge in [0, 0.05) is 24.2 Å². The van der Waals surface area contributed by atoms with Crippen LogP contribution < -0.4 is 5.32 Å². The second-order valence-corrected chi connectivity index (χ2v) is 7.74. The highest BCUT2D eigenvalue weighted by molar-refractivity contribution is 6.20. The van der Waals surface area contributed by atoms with E-state index >= 15 is 0 Å². The maximum absolute atomic E-state index is 14.0. The zero-order valence-electron chi connectivity index (χ0n) is 17.6. The first kappa shape index (κ1) is 21.4. The van der Waals surface area contributed by atoms with Crippen LogP contribution in [0.1, 0.15) is 35.3 Å². The van der Waals surface area contributed by atoms with Gasteiger partial charge in [-0.2, -0.15) is 5.26 Å². The van der Waals surface area contributed by atoms with Gasteiger partial charge < -0.3 is 15.0 Å². The molecule has 7 nitrogen and oxygen atoms in total. The predicted molar refractivity (Wildman–Crippen MR) is 116 cm³/mol. The van der Waals surface area contributed by atoms with Gasteiger partial charge in [-0.05, 0) is 26.0 Å². The monoisotopic (exact) mass is 432 g/mol. The summed E-state index contributed by atoms with van der Waals surface area (Å²) in [7, 11) is 0. The zero-order chi connectivity index (χ0) is 22.8. The van der Waals surface area contributed by atoms with Crippen LogP contribution in [0.15, 0.2) is 59.1 Å². The van der Waals surface area contributed by atoms with Gasteiger partial charge in [0.15, 0.2) is 0 Å². The summed E-state index contributed by atoms with van der Waals surface area (Å²) in [5.74, 6) is -1.60. The van der Waals surface area contributed by atoms with Crippen LogP contribution in [0.4, 0.5) is 4.39 Å². The quantitative estimate of drug-likeness (QED) is 0.583. The van der Waals surface area contributed by atoms with Gasteiger partial charge in [-0.15, -0.1) is 0 Å². The molecular formula is C24H21FN4O3. The van der Waals surface area contributed by atoms with Crippen molar-refractivity contribution in [3.63, 3.8) is 0 Å². The molecule has 0 spiro atoms. The van der Waals surface area contributed by atoms with E-state index in [0.717, 1.165) is 0 Å². The summed E-state index contributed by atoms with van der Waals surface area (Å²) in [4.78, 5) is 31.8. The van der Waals surface area contributed by atoms with Gasteiger partial charge in [-0.25, -0.2) is 9.38 Å². The van der Waals surface area contributed by atoms with Gasteiger partial charge in [0.2, 0.25) is 0 Å². The molecule has 32 heavy (non-hydrogen) atoms. The van der Waals surface area contributed by atoms with E-state index in [1.165, 1.54) is 18.2 Å². The molecule has 0 radical (unpaired) electrons. The maximum atomic E-state index is 14.0. The molecule has 0 bridgehead atoms. The number of amidine groups is 1. The van der Waals surface area contributed by atoms with E-state index in [9.17, 15) is 19.2 Å². The normalized spacial score (nSPS) is 21.3. The molecule has 2 atom stereocenters. The summed E-state index contributed by atoms with van der Waals surface area (Å²) in [5, 5.41) is 12.5. The molecule has 2 aliphatic rings. The first-order valence-electron chi connectivity index (χ1n) is 10.2. The molecule has 2 amide bonds. The molecule has 1 N–H and O–H groups in total. The van der Waals surface area contributed by atoms with E-state index < -0.39 is 17.6 Å². The fraction of sp³-hybridized carbons (Fsp3) is 0.250. The second-order valence-electron chi connectivity index (χ2n) is 7.74. The Bertz CT molecular complexity index is 1190. The van der Waals surface area contributed by atoms with Crippen molar-refractivity contribution in [2.75, 3.05) is 13.1 Å². The van der Waals surface area contributed by atoms with Gasteiger partial charge >= 0.3 is 0 Å². The number of rotatable bonds is 2. The first-order valence-corrected chi connectivity index (χ1v) is 10.2. The van der Waals surface area contributed by atoms with Crippen molar-refractivity contribution in [1.29, 1.82) is 5.26 Å². The minimum atomic E-state index is -0.668. The predicted octanol–water partition coefficient (Wildman–Crippen LogP) is 2.89. The smallest absolute Gasteiger partial charge is 0.266 e. The fourth-order valence-corrected chi connectivity index (χ4v) is 3.94. The zero-order valence-corrected chi connectivity index (χ0v) is 17.6. The van der Waals surface area contributed by atoms with Gasteiger partial charge in [0.05, 0.1) is 23.5 Å². The van der Waals surface area contributed by atoms with Gasteiger partial charge in [0.1, 0.15) is 23.3 Å². The molecule has 4 rings (SSSR count). The molecule has 8 heteroatoms. The number of carbonyl (C=O) groups is 2. The van der Waals surface area contributed by atoms with Crippen molar-refractivity contribution in [3.8, 4) is 6.07 Å². The minimum absolute atomic E-state index is 0.117. The summed E-state index contributed by atoms with van der Waals surface area (Å²) >= 11 is 0. The van der Waals surface area contributed by atoms with Crippen LogP contribution in [0.2, 0.25) is 0 Å². The van der Waals surface area contributed by atoms with Crippen LogP contribution in [-0.4, -0.2) is 47.8 Å². The van der Waals surface area contributed by atoms with Gasteiger partial charge in [-0.3, -0.25) is 9.59 Å². The third kappa shape index (κ3) is 4.03. The van der Waals surface area contributed by atoms with Gasteiger partial charge in [-0.1, -0.05) is 36.4 Å². The Morgan fingerprint density at radius 2 is 1.72 bits per heavy atom. The Morgan fingerprint density at radius 3 is 2.38 bits per heavy atom. The molecule has 2 aromatic carbocycles. The Morgan fingerprint density at radius 1 is 1.09 bits per heavy atom. The highest BCUT2D eigenvalue weighted by Gasteiger charge is 2.32. The molecule has 162 valence electrons. The summed E-state index contributed by atoms with van der Waals surface area (Å²) in [6.45, 7) is 4.47. The van der Waals surface area contributed by atoms with Crippen LogP contribution in [-0.2, 0) is 9.53 Å². The van der Waals surface area contributed by atoms with Crippen LogP contribution in [0, 0.1) is 17.1 Å². The van der Waals surface area contributed by atoms with E-state index in [4.69, 9.17) is 4.74 Å².